The monoisotopic (exact) mass is 439 g/mol. The molecule has 0 fully saturated rings. The molecule has 0 amide bonds. The van der Waals surface area contributed by atoms with E-state index in [9.17, 15) is 14.0 Å². The van der Waals surface area contributed by atoms with E-state index in [2.05, 4.69) is 15.2 Å². The highest BCUT2D eigenvalue weighted by Gasteiger charge is 2.26. The topological polar surface area (TPSA) is 111 Å². The van der Waals surface area contributed by atoms with Gasteiger partial charge in [0.1, 0.15) is 16.8 Å². The van der Waals surface area contributed by atoms with Crippen LogP contribution in [0.1, 0.15) is 43.0 Å². The number of hydrogen-bond donors (Lipinski definition) is 1. The second-order valence-electron chi connectivity index (χ2n) is 7.23. The fourth-order valence-corrected chi connectivity index (χ4v) is 4.87. The number of fused-ring (bicyclic) bond motifs is 1. The summed E-state index contributed by atoms with van der Waals surface area (Å²) in [6.07, 6.45) is 1.47. The van der Waals surface area contributed by atoms with Gasteiger partial charge in [-0.1, -0.05) is 18.2 Å². The zero-order valence-corrected chi connectivity index (χ0v) is 18.0. The minimum atomic E-state index is -2.31. The number of nitrogens with zero attached hydrogens (tertiary/aromatic N) is 3. The largest absolute Gasteiger partial charge is 0.760 e. The molecule has 154 valence electrons. The molecule has 30 heavy (non-hydrogen) atoms. The van der Waals surface area contributed by atoms with Crippen LogP contribution in [-0.2, 0) is 17.7 Å². The number of rotatable bonds is 6. The van der Waals surface area contributed by atoms with Crippen LogP contribution in [0, 0.1) is 11.3 Å². The Labute approximate surface area is 181 Å². The molecule has 2 aromatic carbocycles. The molecule has 2 unspecified atom stereocenters. The van der Waals surface area contributed by atoms with E-state index in [1.54, 1.807) is 12.1 Å². The molecule has 0 bridgehead atoms. The van der Waals surface area contributed by atoms with Gasteiger partial charge in [0.05, 0.1) is 11.7 Å². The van der Waals surface area contributed by atoms with E-state index in [4.69, 9.17) is 9.72 Å². The maximum Gasteiger partial charge on any atom is 0.173 e. The van der Waals surface area contributed by atoms with E-state index < -0.39 is 11.3 Å². The van der Waals surface area contributed by atoms with Gasteiger partial charge in [-0.05, 0) is 67.5 Å². The van der Waals surface area contributed by atoms with Crippen molar-refractivity contribution in [3.05, 3.63) is 53.1 Å². The minimum Gasteiger partial charge on any atom is -0.760 e. The number of benzene rings is 2. The Morgan fingerprint density at radius 1 is 1.37 bits per heavy atom. The van der Waals surface area contributed by atoms with Gasteiger partial charge < -0.3 is 9.29 Å². The van der Waals surface area contributed by atoms with Crippen LogP contribution in [0.2, 0.25) is 0 Å². The second kappa shape index (κ2) is 8.62. The number of nitriles is 1. The van der Waals surface area contributed by atoms with E-state index in [1.165, 1.54) is 11.5 Å². The first-order valence-electron chi connectivity index (χ1n) is 9.48. The summed E-state index contributed by atoms with van der Waals surface area (Å²) >= 11 is -1.02. The lowest BCUT2D eigenvalue weighted by molar-refractivity contribution is 0.242. The molecule has 3 aromatic rings. The first-order chi connectivity index (χ1) is 14.5. The SMILES string of the molecule is CC(C)Oc1ccc(-c2nsc(-c3cccc4c3CCC4NS(=O)[O-])n2)cc1C#N. The number of ether oxygens (including phenoxy) is 1. The summed E-state index contributed by atoms with van der Waals surface area (Å²) in [7, 11) is 0. The molecule has 9 heteroatoms. The normalized spacial score (nSPS) is 16.3. The number of hydrogen-bond acceptors (Lipinski definition) is 7. The van der Waals surface area contributed by atoms with Crippen molar-refractivity contribution in [1.82, 2.24) is 14.1 Å². The van der Waals surface area contributed by atoms with Crippen LogP contribution in [0.3, 0.4) is 0 Å². The minimum absolute atomic E-state index is 0.0236. The van der Waals surface area contributed by atoms with Gasteiger partial charge in [-0.15, -0.1) is 0 Å². The first-order valence-corrected chi connectivity index (χ1v) is 11.3. The van der Waals surface area contributed by atoms with Crippen LogP contribution < -0.4 is 9.46 Å². The maximum atomic E-state index is 11.1. The third-order valence-electron chi connectivity index (χ3n) is 4.89. The standard InChI is InChI=1S/C21H20N4O3S2/c1-12(2)28-19-9-6-13(10-14(19)11-22)20-23-21(29-24-20)17-5-3-4-16-15(17)7-8-18(16)25-30(26)27/h3-6,9-10,12,18,25H,7-8H2,1-2H3,(H,26,27)/p-1. The summed E-state index contributed by atoms with van der Waals surface area (Å²) in [6.45, 7) is 3.83. The van der Waals surface area contributed by atoms with E-state index in [-0.39, 0.29) is 12.1 Å². The Hall–Kier alpha value is -2.64. The van der Waals surface area contributed by atoms with Crippen LogP contribution in [0.5, 0.6) is 5.75 Å². The molecule has 4 rings (SSSR count). The van der Waals surface area contributed by atoms with Gasteiger partial charge in [-0.2, -0.15) is 9.64 Å². The van der Waals surface area contributed by atoms with Crippen LogP contribution in [0.25, 0.3) is 22.0 Å². The van der Waals surface area contributed by atoms with Crippen molar-refractivity contribution in [2.45, 2.75) is 38.8 Å². The molecule has 0 aliphatic heterocycles. The van der Waals surface area contributed by atoms with Crippen molar-refractivity contribution >= 4 is 22.8 Å². The second-order valence-corrected chi connectivity index (χ2v) is 8.69. The van der Waals surface area contributed by atoms with Crippen molar-refractivity contribution in [3.8, 4) is 33.8 Å². The summed E-state index contributed by atoms with van der Waals surface area (Å²) < 4.78 is 34.9. The Balaban J connectivity index is 1.66. The third-order valence-corrected chi connectivity index (χ3v) is 6.11. The Bertz CT molecular complexity index is 1150. The molecule has 0 spiro atoms. The lowest BCUT2D eigenvalue weighted by atomic mass is 10.0. The summed E-state index contributed by atoms with van der Waals surface area (Å²) in [6, 6.07) is 13.2. The van der Waals surface area contributed by atoms with E-state index in [0.29, 0.717) is 17.1 Å². The molecule has 1 N–H and O–H groups in total. The lowest BCUT2D eigenvalue weighted by Crippen LogP contribution is -2.21. The molecule has 2 atom stereocenters. The Morgan fingerprint density at radius 2 is 2.20 bits per heavy atom. The zero-order valence-electron chi connectivity index (χ0n) is 16.4. The molecule has 1 aromatic heterocycles. The predicted molar refractivity (Wildman–Crippen MR) is 114 cm³/mol. The summed E-state index contributed by atoms with van der Waals surface area (Å²) in [5, 5.41) is 10.2. The van der Waals surface area contributed by atoms with Gasteiger partial charge >= 0.3 is 0 Å². The molecule has 1 heterocycles. The van der Waals surface area contributed by atoms with E-state index in [0.717, 1.165) is 40.1 Å². The van der Waals surface area contributed by atoms with Gasteiger partial charge in [0.25, 0.3) is 0 Å². The fourth-order valence-electron chi connectivity index (χ4n) is 3.66. The highest BCUT2D eigenvalue weighted by atomic mass is 32.2. The Kier molecular flexibility index (Phi) is 5.92. The van der Waals surface area contributed by atoms with Crippen molar-refractivity contribution in [3.63, 3.8) is 0 Å². The molecule has 1 aliphatic carbocycles. The van der Waals surface area contributed by atoms with Crippen molar-refractivity contribution < 1.29 is 13.5 Å². The zero-order chi connectivity index (χ0) is 21.3. The van der Waals surface area contributed by atoms with Gasteiger partial charge in [0.15, 0.2) is 5.82 Å². The van der Waals surface area contributed by atoms with Gasteiger partial charge in [0.2, 0.25) is 0 Å². The summed E-state index contributed by atoms with van der Waals surface area (Å²) in [5.74, 6) is 1.09. The smallest absolute Gasteiger partial charge is 0.173 e. The number of aromatic nitrogens is 2. The van der Waals surface area contributed by atoms with Crippen LogP contribution in [0.4, 0.5) is 0 Å². The van der Waals surface area contributed by atoms with Crippen molar-refractivity contribution in [1.29, 1.82) is 5.26 Å². The molecule has 0 radical (unpaired) electrons. The van der Waals surface area contributed by atoms with Crippen molar-refractivity contribution in [2.24, 2.45) is 0 Å². The lowest BCUT2D eigenvalue weighted by Gasteiger charge is -2.15. The number of nitrogens with one attached hydrogen (secondary N) is 1. The highest BCUT2D eigenvalue weighted by Crippen LogP contribution is 2.39. The molecule has 1 aliphatic rings. The van der Waals surface area contributed by atoms with Crippen LogP contribution in [0.15, 0.2) is 36.4 Å². The fraction of sp³-hybridized carbons (Fsp3) is 0.286. The molecular weight excluding hydrogens is 420 g/mol. The maximum absolute atomic E-state index is 11.1. The summed E-state index contributed by atoms with van der Waals surface area (Å²) in [4.78, 5) is 4.70. The first kappa shape index (κ1) is 20.6. The highest BCUT2D eigenvalue weighted by molar-refractivity contribution is 7.77. The third kappa shape index (κ3) is 4.13. The van der Waals surface area contributed by atoms with E-state index >= 15 is 0 Å². The van der Waals surface area contributed by atoms with Crippen molar-refractivity contribution in [2.75, 3.05) is 0 Å². The summed E-state index contributed by atoms with van der Waals surface area (Å²) in [5.41, 5.74) is 4.24. The average Bonchev–Trinajstić information content (AvgIpc) is 3.35. The molecule has 7 nitrogen and oxygen atoms in total. The van der Waals surface area contributed by atoms with Gasteiger partial charge in [0, 0.05) is 28.4 Å². The average molecular weight is 440 g/mol. The molecular formula is C21H19N4O3S2-. The molecule has 0 saturated heterocycles. The predicted octanol–water partition coefficient (Wildman–Crippen LogP) is 3.90. The van der Waals surface area contributed by atoms with Crippen LogP contribution in [-0.4, -0.2) is 24.2 Å². The van der Waals surface area contributed by atoms with Gasteiger partial charge in [-0.3, -0.25) is 4.21 Å². The van der Waals surface area contributed by atoms with Gasteiger partial charge in [-0.25, -0.2) is 9.71 Å². The quantitative estimate of drug-likeness (QED) is 0.583. The molecule has 0 saturated carbocycles. The Morgan fingerprint density at radius 3 is 2.93 bits per heavy atom. The van der Waals surface area contributed by atoms with E-state index in [1.807, 2.05) is 38.1 Å². The van der Waals surface area contributed by atoms with Crippen LogP contribution >= 0.6 is 11.5 Å².